The molecule has 2 aromatic rings. The van der Waals surface area contributed by atoms with Gasteiger partial charge >= 0.3 is 0 Å². The molecule has 104 valence electrons. The molecule has 0 bridgehead atoms. The summed E-state index contributed by atoms with van der Waals surface area (Å²) in [6, 6.07) is 4.09. The van der Waals surface area contributed by atoms with Crippen molar-refractivity contribution in [2.75, 3.05) is 24.5 Å². The van der Waals surface area contributed by atoms with Crippen molar-refractivity contribution >= 4 is 29.1 Å². The molecule has 1 atom stereocenters. The Balaban J connectivity index is 0.00000133. The largest absolute Gasteiger partial charge is 0.462 e. The van der Waals surface area contributed by atoms with Crippen LogP contribution in [0, 0.1) is 12.7 Å². The van der Waals surface area contributed by atoms with Crippen molar-refractivity contribution in [3.8, 4) is 0 Å². The van der Waals surface area contributed by atoms with Crippen molar-refractivity contribution in [1.29, 1.82) is 0 Å². The number of benzene rings is 1. The van der Waals surface area contributed by atoms with Crippen LogP contribution in [-0.4, -0.2) is 25.7 Å². The molecule has 19 heavy (non-hydrogen) atoms. The van der Waals surface area contributed by atoms with Gasteiger partial charge in [-0.15, -0.1) is 12.4 Å². The molecule has 1 aliphatic rings. The number of nitrogens with zero attached hydrogens (tertiary/aromatic N) is 1. The van der Waals surface area contributed by atoms with E-state index >= 15 is 0 Å². The highest BCUT2D eigenvalue weighted by Crippen LogP contribution is 2.33. The van der Waals surface area contributed by atoms with Crippen LogP contribution in [0.5, 0.6) is 0 Å². The third kappa shape index (κ3) is 2.42. The summed E-state index contributed by atoms with van der Waals surface area (Å²) in [6.45, 7) is 6.39. The summed E-state index contributed by atoms with van der Waals surface area (Å²) in [5, 5.41) is 4.33. The summed E-state index contributed by atoms with van der Waals surface area (Å²) >= 11 is 0. The predicted octanol–water partition coefficient (Wildman–Crippen LogP) is 3.10. The zero-order chi connectivity index (χ0) is 12.7. The van der Waals surface area contributed by atoms with Gasteiger partial charge in [-0.1, -0.05) is 0 Å². The summed E-state index contributed by atoms with van der Waals surface area (Å²) in [7, 11) is 0. The van der Waals surface area contributed by atoms with E-state index in [-0.39, 0.29) is 18.2 Å². The van der Waals surface area contributed by atoms with Gasteiger partial charge in [0.05, 0.1) is 6.26 Å². The number of hydrogen-bond acceptors (Lipinski definition) is 3. The quantitative estimate of drug-likeness (QED) is 0.872. The first kappa shape index (κ1) is 14.2. The smallest absolute Gasteiger partial charge is 0.160 e. The summed E-state index contributed by atoms with van der Waals surface area (Å²) in [6.07, 6.45) is 1.62. The Morgan fingerprint density at radius 2 is 2.26 bits per heavy atom. The average molecular weight is 285 g/mol. The van der Waals surface area contributed by atoms with Gasteiger partial charge in [0.2, 0.25) is 0 Å². The Bertz CT molecular complexity index is 584. The zero-order valence-electron chi connectivity index (χ0n) is 11.1. The van der Waals surface area contributed by atoms with Crippen LogP contribution in [0.3, 0.4) is 0 Å². The first-order valence-corrected chi connectivity index (χ1v) is 6.31. The van der Waals surface area contributed by atoms with E-state index in [2.05, 4.69) is 17.1 Å². The normalized spacial score (nSPS) is 19.5. The molecule has 1 N–H and O–H groups in total. The van der Waals surface area contributed by atoms with Crippen molar-refractivity contribution in [3.63, 3.8) is 0 Å². The van der Waals surface area contributed by atoms with Crippen LogP contribution in [0.1, 0.15) is 12.5 Å². The monoisotopic (exact) mass is 284 g/mol. The molecular weight excluding hydrogens is 267 g/mol. The van der Waals surface area contributed by atoms with Gasteiger partial charge in [-0.3, -0.25) is 0 Å². The molecule has 0 amide bonds. The molecule has 0 spiro atoms. The minimum atomic E-state index is -0.161. The minimum absolute atomic E-state index is 0. The van der Waals surface area contributed by atoms with Crippen molar-refractivity contribution in [3.05, 3.63) is 29.8 Å². The second kappa shape index (κ2) is 5.39. The van der Waals surface area contributed by atoms with Crippen LogP contribution >= 0.6 is 12.4 Å². The third-order valence-corrected chi connectivity index (χ3v) is 3.52. The number of rotatable bonds is 1. The van der Waals surface area contributed by atoms with Crippen LogP contribution in [-0.2, 0) is 0 Å². The van der Waals surface area contributed by atoms with E-state index in [0.717, 1.165) is 25.0 Å². The molecular formula is C14H18ClFN2O. The van der Waals surface area contributed by atoms with Gasteiger partial charge in [0.15, 0.2) is 11.4 Å². The van der Waals surface area contributed by atoms with Crippen molar-refractivity contribution < 1.29 is 8.81 Å². The molecule has 1 saturated heterocycles. The number of aryl methyl sites for hydroxylation is 1. The average Bonchev–Trinajstić information content (AvgIpc) is 2.78. The molecule has 1 fully saturated rings. The highest BCUT2D eigenvalue weighted by molar-refractivity contribution is 5.90. The Kier molecular flexibility index (Phi) is 4.02. The van der Waals surface area contributed by atoms with Gasteiger partial charge in [0.25, 0.3) is 0 Å². The number of halogens is 2. The van der Waals surface area contributed by atoms with E-state index in [1.165, 1.54) is 0 Å². The standard InChI is InChI=1S/C14H17FN2O.ClH/c1-9-7-11-3-6-18-14(11)13(12(9)15)17-5-4-16-10(2)8-17;/h3,6-7,10,16H,4-5,8H2,1-2H3;1H/t10-;/m1./s1. The molecule has 5 heteroatoms. The maximum Gasteiger partial charge on any atom is 0.160 e. The van der Waals surface area contributed by atoms with Crippen molar-refractivity contribution in [2.24, 2.45) is 0 Å². The Labute approximate surface area is 118 Å². The topological polar surface area (TPSA) is 28.4 Å². The maximum absolute atomic E-state index is 14.4. The van der Waals surface area contributed by atoms with E-state index < -0.39 is 0 Å². The number of furan rings is 1. The number of fused-ring (bicyclic) bond motifs is 1. The van der Waals surface area contributed by atoms with Gasteiger partial charge in [0.1, 0.15) is 5.69 Å². The molecule has 1 aliphatic heterocycles. The highest BCUT2D eigenvalue weighted by Gasteiger charge is 2.23. The lowest BCUT2D eigenvalue weighted by atomic mass is 10.1. The first-order valence-electron chi connectivity index (χ1n) is 6.31. The molecule has 3 rings (SSSR count). The Morgan fingerprint density at radius 3 is 3.00 bits per heavy atom. The summed E-state index contributed by atoms with van der Waals surface area (Å²) in [5.41, 5.74) is 1.95. The molecule has 0 aliphatic carbocycles. The van der Waals surface area contributed by atoms with Crippen molar-refractivity contribution in [2.45, 2.75) is 19.9 Å². The molecule has 3 nitrogen and oxygen atoms in total. The lowest BCUT2D eigenvalue weighted by Gasteiger charge is -2.34. The lowest BCUT2D eigenvalue weighted by molar-refractivity contribution is 0.476. The molecule has 0 unspecified atom stereocenters. The Morgan fingerprint density at radius 1 is 1.47 bits per heavy atom. The van der Waals surface area contributed by atoms with Gasteiger partial charge in [-0.05, 0) is 31.5 Å². The molecule has 2 heterocycles. The van der Waals surface area contributed by atoms with Gasteiger partial charge < -0.3 is 14.6 Å². The van der Waals surface area contributed by atoms with Crippen LogP contribution in [0.25, 0.3) is 11.0 Å². The van der Waals surface area contributed by atoms with Gasteiger partial charge in [-0.2, -0.15) is 0 Å². The van der Waals surface area contributed by atoms with Crippen molar-refractivity contribution in [1.82, 2.24) is 5.32 Å². The zero-order valence-corrected chi connectivity index (χ0v) is 11.9. The second-order valence-corrected chi connectivity index (χ2v) is 5.00. The van der Waals surface area contributed by atoms with Crippen LogP contribution in [0.4, 0.5) is 10.1 Å². The fourth-order valence-electron chi connectivity index (χ4n) is 2.63. The molecule has 1 aromatic carbocycles. The summed E-state index contributed by atoms with van der Waals surface area (Å²) < 4.78 is 19.9. The van der Waals surface area contributed by atoms with Crippen LogP contribution in [0.15, 0.2) is 22.8 Å². The lowest BCUT2D eigenvalue weighted by Crippen LogP contribution is -2.49. The second-order valence-electron chi connectivity index (χ2n) is 5.00. The minimum Gasteiger partial charge on any atom is -0.462 e. The van der Waals surface area contributed by atoms with E-state index in [0.29, 0.717) is 22.9 Å². The van der Waals surface area contributed by atoms with Crippen LogP contribution in [0.2, 0.25) is 0 Å². The van der Waals surface area contributed by atoms with E-state index in [9.17, 15) is 4.39 Å². The number of hydrogen-bond donors (Lipinski definition) is 1. The third-order valence-electron chi connectivity index (χ3n) is 3.52. The number of anilines is 1. The fourth-order valence-corrected chi connectivity index (χ4v) is 2.63. The van der Waals surface area contributed by atoms with Crippen LogP contribution < -0.4 is 10.2 Å². The summed E-state index contributed by atoms with van der Waals surface area (Å²) in [4.78, 5) is 2.08. The van der Waals surface area contributed by atoms with E-state index in [4.69, 9.17) is 4.42 Å². The molecule has 0 saturated carbocycles. The first-order chi connectivity index (χ1) is 8.66. The van der Waals surface area contributed by atoms with E-state index in [1.807, 2.05) is 12.1 Å². The SMILES string of the molecule is Cc1cc2ccoc2c(N2CCN[C@H](C)C2)c1F.Cl. The number of nitrogens with one attached hydrogen (secondary N) is 1. The number of piperazine rings is 1. The molecule has 1 aromatic heterocycles. The highest BCUT2D eigenvalue weighted by atomic mass is 35.5. The maximum atomic E-state index is 14.4. The fraction of sp³-hybridized carbons (Fsp3) is 0.429. The Hall–Kier alpha value is -1.26. The molecule has 0 radical (unpaired) electrons. The van der Waals surface area contributed by atoms with Gasteiger partial charge in [0, 0.05) is 31.1 Å². The summed E-state index contributed by atoms with van der Waals surface area (Å²) in [5.74, 6) is -0.161. The van der Waals surface area contributed by atoms with E-state index in [1.54, 1.807) is 13.2 Å². The predicted molar refractivity (Wildman–Crippen MR) is 77.8 cm³/mol. The van der Waals surface area contributed by atoms with Gasteiger partial charge in [-0.25, -0.2) is 4.39 Å².